The second kappa shape index (κ2) is 6.50. The molecule has 1 atom stereocenters. The molecule has 0 aliphatic heterocycles. The zero-order valence-electron chi connectivity index (χ0n) is 11.1. The van der Waals surface area contributed by atoms with E-state index in [1.54, 1.807) is 11.8 Å². The van der Waals surface area contributed by atoms with Gasteiger partial charge in [0.05, 0.1) is 10.9 Å². The molecule has 0 aromatic heterocycles. The Hall–Kier alpha value is -1.42. The van der Waals surface area contributed by atoms with E-state index in [0.717, 1.165) is 5.56 Å². The van der Waals surface area contributed by atoms with Crippen LogP contribution in [0.4, 0.5) is 0 Å². The van der Waals surface area contributed by atoms with Gasteiger partial charge >= 0.3 is 0 Å². The molecule has 0 spiro atoms. The lowest BCUT2D eigenvalue weighted by Crippen LogP contribution is -2.43. The van der Waals surface area contributed by atoms with E-state index in [-0.39, 0.29) is 16.9 Å². The van der Waals surface area contributed by atoms with Crippen molar-refractivity contribution in [3.63, 3.8) is 0 Å². The lowest BCUT2D eigenvalue weighted by molar-refractivity contribution is -0.135. The minimum Gasteiger partial charge on any atom is -0.393 e. The van der Waals surface area contributed by atoms with Crippen LogP contribution in [0.1, 0.15) is 26.3 Å². The third kappa shape index (κ3) is 3.81. The van der Waals surface area contributed by atoms with E-state index in [2.05, 4.69) is 0 Å². The molecule has 4 heteroatoms. The highest BCUT2D eigenvalue weighted by atomic mass is 32.1. The highest BCUT2D eigenvalue weighted by molar-refractivity contribution is 7.80. The van der Waals surface area contributed by atoms with Crippen molar-refractivity contribution in [1.82, 2.24) is 4.90 Å². The number of carbonyl (C=O) groups excluding carboxylic acids is 1. The van der Waals surface area contributed by atoms with Gasteiger partial charge < -0.3 is 10.6 Å². The average molecular weight is 264 g/mol. The van der Waals surface area contributed by atoms with Crippen LogP contribution in [0.5, 0.6) is 0 Å². The molecule has 0 saturated heterocycles. The van der Waals surface area contributed by atoms with Gasteiger partial charge in [0.25, 0.3) is 0 Å². The Morgan fingerprint density at radius 2 is 1.83 bits per heavy atom. The maximum atomic E-state index is 12.3. The molecule has 98 valence electrons. The predicted octanol–water partition coefficient (Wildman–Crippen LogP) is 2.35. The molecule has 0 heterocycles. The first-order chi connectivity index (χ1) is 8.43. The smallest absolute Gasteiger partial charge is 0.232 e. The summed E-state index contributed by atoms with van der Waals surface area (Å²) in [5.74, 6) is -0.424. The summed E-state index contributed by atoms with van der Waals surface area (Å²) in [7, 11) is 0. The fraction of sp³-hybridized carbons (Fsp3) is 0.429. The first kappa shape index (κ1) is 14.6. The first-order valence-corrected chi connectivity index (χ1v) is 6.48. The van der Waals surface area contributed by atoms with E-state index in [1.165, 1.54) is 0 Å². The van der Waals surface area contributed by atoms with Crippen LogP contribution < -0.4 is 5.73 Å². The van der Waals surface area contributed by atoms with Crippen molar-refractivity contribution in [2.24, 2.45) is 11.7 Å². The number of rotatable bonds is 5. The molecular weight excluding hydrogens is 244 g/mol. The molecule has 1 amide bonds. The Bertz CT molecular complexity index is 417. The van der Waals surface area contributed by atoms with Gasteiger partial charge in [-0.15, -0.1) is 0 Å². The number of thiocarbonyl (C=S) groups is 1. The van der Waals surface area contributed by atoms with Crippen molar-refractivity contribution in [3.8, 4) is 0 Å². The molecule has 0 radical (unpaired) electrons. The minimum atomic E-state index is -0.411. The van der Waals surface area contributed by atoms with E-state index in [4.69, 9.17) is 18.0 Å². The second-order valence-corrected chi connectivity index (χ2v) is 5.14. The molecule has 1 aromatic carbocycles. The van der Waals surface area contributed by atoms with Crippen LogP contribution in [0, 0.1) is 5.92 Å². The summed E-state index contributed by atoms with van der Waals surface area (Å²) in [5, 5.41) is 0. The molecule has 3 nitrogen and oxygen atoms in total. The largest absolute Gasteiger partial charge is 0.393 e. The Balaban J connectivity index is 2.84. The summed E-state index contributed by atoms with van der Waals surface area (Å²) in [6, 6.07) is 10.0. The van der Waals surface area contributed by atoms with Gasteiger partial charge in [0.2, 0.25) is 5.91 Å². The number of carbonyl (C=O) groups is 1. The summed E-state index contributed by atoms with van der Waals surface area (Å²) in [6.07, 6.45) is 0. The van der Waals surface area contributed by atoms with Crippen LogP contribution in [0.25, 0.3) is 0 Å². The Morgan fingerprint density at radius 3 is 2.28 bits per heavy atom. The molecule has 0 aliphatic carbocycles. The van der Waals surface area contributed by atoms with Crippen LogP contribution >= 0.6 is 12.2 Å². The predicted molar refractivity (Wildman–Crippen MR) is 78.1 cm³/mol. The quantitative estimate of drug-likeness (QED) is 0.830. The number of hydrogen-bond acceptors (Lipinski definition) is 2. The Labute approximate surface area is 114 Å². The van der Waals surface area contributed by atoms with Gasteiger partial charge in [0, 0.05) is 12.6 Å². The summed E-state index contributed by atoms with van der Waals surface area (Å²) in [4.78, 5) is 14.3. The molecule has 1 rings (SSSR count). The topological polar surface area (TPSA) is 46.3 Å². The van der Waals surface area contributed by atoms with E-state index in [9.17, 15) is 4.79 Å². The van der Waals surface area contributed by atoms with Crippen LogP contribution in [0.3, 0.4) is 0 Å². The first-order valence-electron chi connectivity index (χ1n) is 6.07. The van der Waals surface area contributed by atoms with Crippen molar-refractivity contribution in [2.45, 2.75) is 33.4 Å². The van der Waals surface area contributed by atoms with E-state index in [1.807, 2.05) is 44.2 Å². The van der Waals surface area contributed by atoms with Crippen molar-refractivity contribution < 1.29 is 4.79 Å². The maximum absolute atomic E-state index is 12.3. The third-order valence-corrected chi connectivity index (χ3v) is 3.25. The molecule has 18 heavy (non-hydrogen) atoms. The lowest BCUT2D eigenvalue weighted by Gasteiger charge is -2.29. The molecule has 0 fully saturated rings. The van der Waals surface area contributed by atoms with E-state index in [0.29, 0.717) is 6.54 Å². The zero-order valence-corrected chi connectivity index (χ0v) is 11.9. The summed E-state index contributed by atoms with van der Waals surface area (Å²) in [5.41, 5.74) is 6.66. The van der Waals surface area contributed by atoms with E-state index < -0.39 is 5.92 Å². The molecular formula is C14H20N2OS. The molecule has 0 saturated carbocycles. The van der Waals surface area contributed by atoms with Gasteiger partial charge in [-0.05, 0) is 26.3 Å². The van der Waals surface area contributed by atoms with Gasteiger partial charge in [-0.1, -0.05) is 42.5 Å². The number of amides is 1. The van der Waals surface area contributed by atoms with Gasteiger partial charge in [-0.3, -0.25) is 4.79 Å². The lowest BCUT2D eigenvalue weighted by atomic mass is 10.1. The van der Waals surface area contributed by atoms with Crippen molar-refractivity contribution in [3.05, 3.63) is 35.9 Å². The molecule has 1 aromatic rings. The highest BCUT2D eigenvalue weighted by Gasteiger charge is 2.24. The monoisotopic (exact) mass is 264 g/mol. The number of nitrogens with zero attached hydrogens (tertiary/aromatic N) is 1. The van der Waals surface area contributed by atoms with Crippen LogP contribution in [0.15, 0.2) is 30.3 Å². The normalized spacial score (nSPS) is 12.2. The average Bonchev–Trinajstić information content (AvgIpc) is 2.35. The van der Waals surface area contributed by atoms with Gasteiger partial charge in [0.1, 0.15) is 0 Å². The van der Waals surface area contributed by atoms with E-state index >= 15 is 0 Å². The Morgan fingerprint density at radius 1 is 1.28 bits per heavy atom. The minimum absolute atomic E-state index is 0.0126. The van der Waals surface area contributed by atoms with Crippen molar-refractivity contribution in [1.29, 1.82) is 0 Å². The number of nitrogens with two attached hydrogens (primary N) is 1. The summed E-state index contributed by atoms with van der Waals surface area (Å²) >= 11 is 4.90. The number of benzene rings is 1. The summed E-state index contributed by atoms with van der Waals surface area (Å²) in [6.45, 7) is 6.33. The summed E-state index contributed by atoms with van der Waals surface area (Å²) < 4.78 is 0. The van der Waals surface area contributed by atoms with Gasteiger partial charge in [-0.25, -0.2) is 0 Å². The fourth-order valence-electron chi connectivity index (χ4n) is 1.67. The fourth-order valence-corrected chi connectivity index (χ4v) is 1.77. The number of hydrogen-bond donors (Lipinski definition) is 1. The van der Waals surface area contributed by atoms with Crippen LogP contribution in [-0.2, 0) is 11.3 Å². The standard InChI is InChI=1S/C14H20N2OS/c1-10(2)16(14(17)11(3)13(15)18)9-12-7-5-4-6-8-12/h4-8,10-11H,9H2,1-3H3,(H2,15,18). The third-order valence-electron chi connectivity index (χ3n) is 2.90. The SMILES string of the molecule is CC(C(=O)N(Cc1ccccc1)C(C)C)C(N)=S. The zero-order chi connectivity index (χ0) is 13.7. The maximum Gasteiger partial charge on any atom is 0.232 e. The molecule has 0 bridgehead atoms. The van der Waals surface area contributed by atoms with Crippen molar-refractivity contribution >= 4 is 23.1 Å². The van der Waals surface area contributed by atoms with Gasteiger partial charge in [0.15, 0.2) is 0 Å². The van der Waals surface area contributed by atoms with Gasteiger partial charge in [-0.2, -0.15) is 0 Å². The molecule has 2 N–H and O–H groups in total. The Kier molecular flexibility index (Phi) is 5.28. The second-order valence-electron chi connectivity index (χ2n) is 4.67. The van der Waals surface area contributed by atoms with Crippen LogP contribution in [-0.4, -0.2) is 21.8 Å². The van der Waals surface area contributed by atoms with Crippen molar-refractivity contribution in [2.75, 3.05) is 0 Å². The van der Waals surface area contributed by atoms with Crippen LogP contribution in [0.2, 0.25) is 0 Å². The highest BCUT2D eigenvalue weighted by Crippen LogP contribution is 2.12. The molecule has 1 unspecified atom stereocenters. The molecule has 0 aliphatic rings.